The molecule has 0 heterocycles. The Bertz CT molecular complexity index is 107. The number of nitrogens with one attached hydrogen (secondary N) is 1. The lowest BCUT2D eigenvalue weighted by Crippen LogP contribution is -2.02. The van der Waals surface area contributed by atoms with E-state index in [-0.39, 0.29) is 5.90 Å². The van der Waals surface area contributed by atoms with Crippen LogP contribution in [0.1, 0.15) is 13.8 Å². The minimum absolute atomic E-state index is 0.188. The fourth-order valence-corrected chi connectivity index (χ4v) is 0.268. The zero-order chi connectivity index (χ0) is 6.57. The largest absolute Gasteiger partial charge is 0.478 e. The summed E-state index contributed by atoms with van der Waals surface area (Å²) in [6.07, 6.45) is 0. The van der Waals surface area contributed by atoms with Crippen LogP contribution in [0.15, 0.2) is 12.2 Å². The number of hydrogen-bond acceptors (Lipinski definition) is 2. The van der Waals surface area contributed by atoms with Gasteiger partial charge in [0.15, 0.2) is 0 Å². The molecule has 0 saturated heterocycles. The van der Waals surface area contributed by atoms with Crippen molar-refractivity contribution in [1.29, 1.82) is 5.41 Å². The monoisotopic (exact) mass is 113 g/mol. The summed E-state index contributed by atoms with van der Waals surface area (Å²) in [5, 5.41) is 7.02. The van der Waals surface area contributed by atoms with Gasteiger partial charge in [0.2, 0.25) is 5.90 Å². The van der Waals surface area contributed by atoms with Gasteiger partial charge in [-0.2, -0.15) is 0 Å². The van der Waals surface area contributed by atoms with E-state index in [1.807, 2.05) is 6.92 Å². The van der Waals surface area contributed by atoms with Gasteiger partial charge >= 0.3 is 0 Å². The van der Waals surface area contributed by atoms with Crippen molar-refractivity contribution in [1.82, 2.24) is 0 Å². The van der Waals surface area contributed by atoms with Gasteiger partial charge in [-0.1, -0.05) is 6.58 Å². The van der Waals surface area contributed by atoms with Crippen LogP contribution < -0.4 is 0 Å². The molecule has 0 aliphatic heterocycles. The second-order valence-corrected chi connectivity index (χ2v) is 1.54. The first kappa shape index (κ1) is 7.21. The average Bonchev–Trinajstić information content (AvgIpc) is 1.67. The van der Waals surface area contributed by atoms with Gasteiger partial charge in [0.05, 0.1) is 6.61 Å². The Labute approximate surface area is 49.7 Å². The van der Waals surface area contributed by atoms with E-state index in [0.717, 1.165) is 0 Å². The summed E-state index contributed by atoms with van der Waals surface area (Å²) in [5.74, 6) is 0.188. The third-order valence-corrected chi connectivity index (χ3v) is 0.676. The molecule has 0 saturated carbocycles. The van der Waals surface area contributed by atoms with Crippen LogP contribution >= 0.6 is 0 Å². The van der Waals surface area contributed by atoms with E-state index in [9.17, 15) is 0 Å². The predicted molar refractivity (Wildman–Crippen MR) is 34.2 cm³/mol. The van der Waals surface area contributed by atoms with Gasteiger partial charge < -0.3 is 4.74 Å². The average molecular weight is 113 g/mol. The van der Waals surface area contributed by atoms with Gasteiger partial charge in [-0.25, -0.2) is 0 Å². The molecule has 0 aliphatic carbocycles. The predicted octanol–water partition coefficient (Wildman–Crippen LogP) is 1.58. The molecule has 0 bridgehead atoms. The normalized spacial score (nSPS) is 8.25. The van der Waals surface area contributed by atoms with E-state index in [4.69, 9.17) is 10.1 Å². The first-order chi connectivity index (χ1) is 3.68. The standard InChI is InChI=1S/C6H11NO/c1-4-8-6(7)5(2)3/h7H,2,4H2,1,3H3. The van der Waals surface area contributed by atoms with Gasteiger partial charge in [0, 0.05) is 5.57 Å². The maximum atomic E-state index is 7.02. The Morgan fingerprint density at radius 1 is 1.75 bits per heavy atom. The molecule has 0 aromatic rings. The van der Waals surface area contributed by atoms with Crippen LogP contribution in [0.3, 0.4) is 0 Å². The van der Waals surface area contributed by atoms with Gasteiger partial charge in [0.25, 0.3) is 0 Å². The van der Waals surface area contributed by atoms with Crippen LogP contribution in [0, 0.1) is 5.41 Å². The van der Waals surface area contributed by atoms with Crippen LogP contribution in [0.25, 0.3) is 0 Å². The first-order valence-electron chi connectivity index (χ1n) is 2.55. The molecule has 0 unspecified atom stereocenters. The summed E-state index contributed by atoms with van der Waals surface area (Å²) in [5.41, 5.74) is 0.673. The highest BCUT2D eigenvalue weighted by molar-refractivity contribution is 5.89. The molecule has 0 rings (SSSR count). The highest BCUT2D eigenvalue weighted by atomic mass is 16.5. The van der Waals surface area contributed by atoms with Crippen molar-refractivity contribution in [2.75, 3.05) is 6.61 Å². The van der Waals surface area contributed by atoms with E-state index >= 15 is 0 Å². The quantitative estimate of drug-likeness (QED) is 0.428. The van der Waals surface area contributed by atoms with Crippen LogP contribution in [-0.4, -0.2) is 12.5 Å². The summed E-state index contributed by atoms with van der Waals surface area (Å²) in [4.78, 5) is 0. The highest BCUT2D eigenvalue weighted by Gasteiger charge is 1.92. The fourth-order valence-electron chi connectivity index (χ4n) is 0.268. The summed E-state index contributed by atoms with van der Waals surface area (Å²) < 4.78 is 4.79. The Morgan fingerprint density at radius 3 is 2.38 bits per heavy atom. The maximum absolute atomic E-state index is 7.02. The van der Waals surface area contributed by atoms with Crippen LogP contribution in [-0.2, 0) is 4.74 Å². The van der Waals surface area contributed by atoms with Gasteiger partial charge in [-0.15, -0.1) is 0 Å². The fraction of sp³-hybridized carbons (Fsp3) is 0.500. The van der Waals surface area contributed by atoms with Crippen molar-refractivity contribution in [2.45, 2.75) is 13.8 Å². The van der Waals surface area contributed by atoms with E-state index in [1.165, 1.54) is 0 Å². The lowest BCUT2D eigenvalue weighted by atomic mass is 10.3. The van der Waals surface area contributed by atoms with E-state index in [0.29, 0.717) is 12.2 Å². The van der Waals surface area contributed by atoms with Crippen molar-refractivity contribution >= 4 is 5.90 Å². The number of hydrogen-bond donors (Lipinski definition) is 1. The molecule has 0 atom stereocenters. The van der Waals surface area contributed by atoms with Crippen molar-refractivity contribution in [3.8, 4) is 0 Å². The molecule has 1 N–H and O–H groups in total. The smallest absolute Gasteiger partial charge is 0.208 e. The molecule has 0 radical (unpaired) electrons. The molecule has 46 valence electrons. The molecule has 0 amide bonds. The molecule has 0 spiro atoms. The molecule has 0 aromatic heterocycles. The third kappa shape index (κ3) is 2.39. The molecule has 0 fully saturated rings. The van der Waals surface area contributed by atoms with Crippen LogP contribution in [0.5, 0.6) is 0 Å². The zero-order valence-corrected chi connectivity index (χ0v) is 5.32. The van der Waals surface area contributed by atoms with Crippen molar-refractivity contribution in [3.05, 3.63) is 12.2 Å². The second kappa shape index (κ2) is 3.24. The third-order valence-electron chi connectivity index (χ3n) is 0.676. The molecule has 2 nitrogen and oxygen atoms in total. The molecule has 8 heavy (non-hydrogen) atoms. The number of ether oxygens (including phenoxy) is 1. The zero-order valence-electron chi connectivity index (χ0n) is 5.32. The van der Waals surface area contributed by atoms with E-state index in [2.05, 4.69) is 6.58 Å². The lowest BCUT2D eigenvalue weighted by Gasteiger charge is -2.00. The van der Waals surface area contributed by atoms with Crippen molar-refractivity contribution < 1.29 is 4.74 Å². The summed E-state index contributed by atoms with van der Waals surface area (Å²) in [6.45, 7) is 7.66. The van der Waals surface area contributed by atoms with Crippen molar-refractivity contribution in [2.24, 2.45) is 0 Å². The summed E-state index contributed by atoms with van der Waals surface area (Å²) >= 11 is 0. The molecular weight excluding hydrogens is 102 g/mol. The van der Waals surface area contributed by atoms with Gasteiger partial charge in [-0.05, 0) is 13.8 Å². The van der Waals surface area contributed by atoms with Gasteiger partial charge in [-0.3, -0.25) is 5.41 Å². The maximum Gasteiger partial charge on any atom is 0.208 e. The van der Waals surface area contributed by atoms with Crippen molar-refractivity contribution in [3.63, 3.8) is 0 Å². The van der Waals surface area contributed by atoms with Crippen LogP contribution in [0.2, 0.25) is 0 Å². The van der Waals surface area contributed by atoms with E-state index < -0.39 is 0 Å². The van der Waals surface area contributed by atoms with Crippen LogP contribution in [0.4, 0.5) is 0 Å². The Kier molecular flexibility index (Phi) is 2.92. The second-order valence-electron chi connectivity index (χ2n) is 1.54. The summed E-state index contributed by atoms with van der Waals surface area (Å²) in [6, 6.07) is 0. The topological polar surface area (TPSA) is 33.1 Å². The number of rotatable bonds is 2. The minimum Gasteiger partial charge on any atom is -0.478 e. The Balaban J connectivity index is 3.49. The molecule has 0 aromatic carbocycles. The molecule has 2 heteroatoms. The molecule has 0 aliphatic rings. The highest BCUT2D eigenvalue weighted by Crippen LogP contribution is 1.90. The van der Waals surface area contributed by atoms with Gasteiger partial charge in [0.1, 0.15) is 0 Å². The van der Waals surface area contributed by atoms with E-state index in [1.54, 1.807) is 6.92 Å². The Hall–Kier alpha value is -0.790. The lowest BCUT2D eigenvalue weighted by molar-refractivity contribution is 0.325. The minimum atomic E-state index is 0.188. The molecular formula is C6H11NO. The first-order valence-corrected chi connectivity index (χ1v) is 2.55. The summed E-state index contributed by atoms with van der Waals surface area (Å²) in [7, 11) is 0. The SMILES string of the molecule is C=C(C)C(=N)OCC. The Morgan fingerprint density at radius 2 is 2.25 bits per heavy atom.